The lowest BCUT2D eigenvalue weighted by molar-refractivity contribution is 0.172. The number of piperazine rings is 1. The first-order chi connectivity index (χ1) is 14.1. The van der Waals surface area contributed by atoms with E-state index in [-0.39, 0.29) is 5.75 Å². The summed E-state index contributed by atoms with van der Waals surface area (Å²) in [5, 5.41) is 13.5. The van der Waals surface area contributed by atoms with Gasteiger partial charge in [0, 0.05) is 52.4 Å². The molecule has 0 aliphatic carbocycles. The number of methoxy groups -OCH3 is 1. The Morgan fingerprint density at radius 2 is 1.93 bits per heavy atom. The molecule has 0 aromatic heterocycles. The van der Waals surface area contributed by atoms with Crippen LogP contribution in [0.4, 0.5) is 0 Å². The lowest BCUT2D eigenvalue weighted by atomic mass is 10.1. The van der Waals surface area contributed by atoms with E-state index in [0.29, 0.717) is 5.75 Å². The molecule has 156 valence electrons. The first kappa shape index (κ1) is 21.0. The third-order valence-corrected chi connectivity index (χ3v) is 5.34. The molecule has 6 nitrogen and oxygen atoms in total. The Hall–Kier alpha value is -2.73. The van der Waals surface area contributed by atoms with Gasteiger partial charge >= 0.3 is 0 Å². The summed E-state index contributed by atoms with van der Waals surface area (Å²) < 4.78 is 5.14. The Morgan fingerprint density at radius 1 is 1.14 bits per heavy atom. The minimum Gasteiger partial charge on any atom is -0.508 e. The molecule has 2 aromatic rings. The van der Waals surface area contributed by atoms with Gasteiger partial charge in [-0.2, -0.15) is 0 Å². The Kier molecular flexibility index (Phi) is 7.36. The van der Waals surface area contributed by atoms with Crippen LogP contribution in [-0.4, -0.2) is 67.7 Å². The number of hydrogen-bond acceptors (Lipinski definition) is 4. The largest absolute Gasteiger partial charge is 0.508 e. The van der Waals surface area contributed by atoms with Gasteiger partial charge in [0.25, 0.3) is 0 Å². The topological polar surface area (TPSA) is 60.3 Å². The van der Waals surface area contributed by atoms with Crippen molar-refractivity contribution in [3.05, 3.63) is 59.2 Å². The summed E-state index contributed by atoms with van der Waals surface area (Å²) in [4.78, 5) is 9.24. The zero-order valence-electron chi connectivity index (χ0n) is 17.7. The highest BCUT2D eigenvalue weighted by atomic mass is 16.5. The van der Waals surface area contributed by atoms with Gasteiger partial charge in [-0.25, -0.2) is 0 Å². The van der Waals surface area contributed by atoms with Gasteiger partial charge in [-0.3, -0.25) is 9.89 Å². The van der Waals surface area contributed by atoms with E-state index in [1.54, 1.807) is 13.2 Å². The van der Waals surface area contributed by atoms with Gasteiger partial charge in [0.1, 0.15) is 11.5 Å². The molecule has 1 fully saturated rings. The van der Waals surface area contributed by atoms with Crippen LogP contribution in [0.2, 0.25) is 0 Å². The smallest absolute Gasteiger partial charge is 0.193 e. The van der Waals surface area contributed by atoms with Crippen molar-refractivity contribution in [2.24, 2.45) is 4.99 Å². The average molecular weight is 397 g/mol. The number of aryl methyl sites for hydroxylation is 1. The molecule has 0 bridgehead atoms. The quantitative estimate of drug-likeness (QED) is 0.581. The molecule has 0 atom stereocenters. The lowest BCUT2D eigenvalue weighted by Crippen LogP contribution is -2.52. The van der Waals surface area contributed by atoms with Crippen LogP contribution in [0.1, 0.15) is 16.7 Å². The molecule has 0 spiro atoms. The SMILES string of the molecule is CN=C(NCCc1ccc(OC)cc1O)N1CCN(Cc2cccc(C)c2)CC1. The number of aliphatic imine (C=N–C) groups is 1. The zero-order valence-corrected chi connectivity index (χ0v) is 17.7. The fourth-order valence-electron chi connectivity index (χ4n) is 3.71. The monoisotopic (exact) mass is 396 g/mol. The number of rotatable bonds is 6. The molecule has 1 heterocycles. The molecule has 1 saturated heterocycles. The number of hydrogen-bond donors (Lipinski definition) is 2. The number of guanidine groups is 1. The summed E-state index contributed by atoms with van der Waals surface area (Å²) in [6, 6.07) is 14.2. The van der Waals surface area contributed by atoms with Gasteiger partial charge < -0.3 is 20.1 Å². The highest BCUT2D eigenvalue weighted by molar-refractivity contribution is 5.80. The lowest BCUT2D eigenvalue weighted by Gasteiger charge is -2.36. The maximum Gasteiger partial charge on any atom is 0.193 e. The highest BCUT2D eigenvalue weighted by Gasteiger charge is 2.19. The Balaban J connectivity index is 1.45. The van der Waals surface area contributed by atoms with Gasteiger partial charge in [-0.05, 0) is 30.5 Å². The van der Waals surface area contributed by atoms with Crippen LogP contribution in [0.3, 0.4) is 0 Å². The predicted molar refractivity (Wildman–Crippen MR) is 118 cm³/mol. The molecule has 2 aromatic carbocycles. The third-order valence-electron chi connectivity index (χ3n) is 5.34. The number of ether oxygens (including phenoxy) is 1. The van der Waals surface area contributed by atoms with Crippen LogP contribution in [0.15, 0.2) is 47.5 Å². The number of phenols is 1. The van der Waals surface area contributed by atoms with Crippen LogP contribution < -0.4 is 10.1 Å². The average Bonchev–Trinajstić information content (AvgIpc) is 2.73. The van der Waals surface area contributed by atoms with Crippen LogP contribution in [0, 0.1) is 6.92 Å². The summed E-state index contributed by atoms with van der Waals surface area (Å²) in [5.41, 5.74) is 3.59. The maximum absolute atomic E-state index is 10.1. The Labute approximate surface area is 173 Å². The normalized spacial score (nSPS) is 15.4. The van der Waals surface area contributed by atoms with Crippen molar-refractivity contribution in [1.29, 1.82) is 0 Å². The van der Waals surface area contributed by atoms with Crippen molar-refractivity contribution in [3.8, 4) is 11.5 Å². The van der Waals surface area contributed by atoms with Crippen molar-refractivity contribution >= 4 is 5.96 Å². The number of nitrogens with zero attached hydrogens (tertiary/aromatic N) is 3. The number of nitrogens with one attached hydrogen (secondary N) is 1. The summed E-state index contributed by atoms with van der Waals surface area (Å²) >= 11 is 0. The minimum atomic E-state index is 0.269. The molecule has 0 saturated carbocycles. The first-order valence-electron chi connectivity index (χ1n) is 10.2. The first-order valence-corrected chi connectivity index (χ1v) is 10.2. The van der Waals surface area contributed by atoms with E-state index < -0.39 is 0 Å². The molecular formula is C23H32N4O2. The fraction of sp³-hybridized carbons (Fsp3) is 0.435. The maximum atomic E-state index is 10.1. The second-order valence-electron chi connectivity index (χ2n) is 7.47. The van der Waals surface area contributed by atoms with Gasteiger partial charge in [0.2, 0.25) is 0 Å². The Bertz CT molecular complexity index is 829. The number of phenolic OH excluding ortho intramolecular Hbond substituents is 1. The molecule has 3 rings (SSSR count). The summed E-state index contributed by atoms with van der Waals surface area (Å²) in [6.45, 7) is 7.82. The molecule has 2 N–H and O–H groups in total. The van der Waals surface area contributed by atoms with E-state index in [1.165, 1.54) is 11.1 Å². The van der Waals surface area contributed by atoms with Gasteiger partial charge in [0.15, 0.2) is 5.96 Å². The third kappa shape index (κ3) is 5.87. The molecule has 1 aliphatic heterocycles. The van der Waals surface area contributed by atoms with Gasteiger partial charge in [-0.15, -0.1) is 0 Å². The van der Waals surface area contributed by atoms with Crippen LogP contribution >= 0.6 is 0 Å². The van der Waals surface area contributed by atoms with Crippen molar-refractivity contribution in [2.45, 2.75) is 19.9 Å². The summed E-state index contributed by atoms with van der Waals surface area (Å²) in [7, 11) is 3.42. The van der Waals surface area contributed by atoms with Gasteiger partial charge in [0.05, 0.1) is 7.11 Å². The molecular weight excluding hydrogens is 364 g/mol. The van der Waals surface area contributed by atoms with Crippen LogP contribution in [0.5, 0.6) is 11.5 Å². The molecule has 0 radical (unpaired) electrons. The van der Waals surface area contributed by atoms with Crippen LogP contribution in [0.25, 0.3) is 0 Å². The van der Waals surface area contributed by atoms with Crippen molar-refractivity contribution < 1.29 is 9.84 Å². The number of benzene rings is 2. The minimum absolute atomic E-state index is 0.269. The molecule has 1 aliphatic rings. The van der Waals surface area contributed by atoms with E-state index in [1.807, 2.05) is 19.2 Å². The van der Waals surface area contributed by atoms with Gasteiger partial charge in [-0.1, -0.05) is 35.9 Å². The second kappa shape index (κ2) is 10.2. The van der Waals surface area contributed by atoms with Crippen molar-refractivity contribution in [1.82, 2.24) is 15.1 Å². The molecule has 0 unspecified atom stereocenters. The van der Waals surface area contributed by atoms with Crippen LogP contribution in [-0.2, 0) is 13.0 Å². The predicted octanol–water partition coefficient (Wildman–Crippen LogP) is 2.64. The fourth-order valence-corrected chi connectivity index (χ4v) is 3.71. The van der Waals surface area contributed by atoms with E-state index in [2.05, 4.69) is 51.3 Å². The van der Waals surface area contributed by atoms with E-state index >= 15 is 0 Å². The molecule has 29 heavy (non-hydrogen) atoms. The zero-order chi connectivity index (χ0) is 20.6. The highest BCUT2D eigenvalue weighted by Crippen LogP contribution is 2.23. The van der Waals surface area contributed by atoms with Crippen molar-refractivity contribution in [2.75, 3.05) is 46.9 Å². The number of aromatic hydroxyl groups is 1. The molecule has 0 amide bonds. The van der Waals surface area contributed by atoms with E-state index in [9.17, 15) is 5.11 Å². The standard InChI is InChI=1S/C23H32N4O2/c1-18-5-4-6-19(15-18)17-26-11-13-27(14-12-26)23(24-2)25-10-9-20-7-8-21(29-3)16-22(20)28/h4-8,15-16,28H,9-14,17H2,1-3H3,(H,24,25). The van der Waals surface area contributed by atoms with E-state index in [0.717, 1.165) is 57.2 Å². The summed E-state index contributed by atoms with van der Waals surface area (Å²) in [6.07, 6.45) is 0.724. The van der Waals surface area contributed by atoms with E-state index in [4.69, 9.17) is 4.74 Å². The summed E-state index contributed by atoms with van der Waals surface area (Å²) in [5.74, 6) is 1.86. The second-order valence-corrected chi connectivity index (χ2v) is 7.47. The van der Waals surface area contributed by atoms with Crippen molar-refractivity contribution in [3.63, 3.8) is 0 Å². The molecule has 6 heteroatoms. The Morgan fingerprint density at radius 3 is 2.59 bits per heavy atom.